The van der Waals surface area contributed by atoms with Crippen LogP contribution in [0, 0.1) is 0 Å². The summed E-state index contributed by atoms with van der Waals surface area (Å²) in [5.41, 5.74) is 0. The highest BCUT2D eigenvalue weighted by atomic mass is 31.2. The van der Waals surface area contributed by atoms with Crippen molar-refractivity contribution in [3.05, 3.63) is 25.3 Å². The molecule has 0 aromatic heterocycles. The van der Waals surface area contributed by atoms with E-state index >= 15 is 0 Å². The molecule has 0 aliphatic heterocycles. The van der Waals surface area contributed by atoms with Gasteiger partial charge in [0.15, 0.2) is 12.6 Å². The van der Waals surface area contributed by atoms with Crippen molar-refractivity contribution >= 4 is 19.8 Å². The second-order valence-corrected chi connectivity index (χ2v) is 5.06. The zero-order chi connectivity index (χ0) is 20.8. The Morgan fingerprint density at radius 3 is 1.16 bits per heavy atom. The van der Waals surface area contributed by atoms with Gasteiger partial charge in [0.1, 0.15) is 12.2 Å². The standard InChI is InChI=1S/2C6H10O4.H3O4P/c2*1-3-5(7)10-4(2)6(8)9;1-5(2,3)4/h2*3-4,6,8-9H,1H2,2H3;(H3,1,2,3,4). The van der Waals surface area contributed by atoms with Crippen molar-refractivity contribution in [1.82, 2.24) is 0 Å². The third kappa shape index (κ3) is 27.5. The summed E-state index contributed by atoms with van der Waals surface area (Å²) in [4.78, 5) is 42.3. The molecule has 148 valence electrons. The van der Waals surface area contributed by atoms with Gasteiger partial charge in [0.25, 0.3) is 0 Å². The maximum absolute atomic E-state index is 10.4. The minimum absolute atomic E-state index is 0.666. The summed E-state index contributed by atoms with van der Waals surface area (Å²) in [7, 11) is -4.64. The first-order valence-corrected chi connectivity index (χ1v) is 7.88. The van der Waals surface area contributed by atoms with E-state index in [9.17, 15) is 9.59 Å². The van der Waals surface area contributed by atoms with Crippen molar-refractivity contribution in [3.63, 3.8) is 0 Å². The van der Waals surface area contributed by atoms with Crippen LogP contribution in [0.3, 0.4) is 0 Å². The third-order valence-electron chi connectivity index (χ3n) is 1.78. The summed E-state index contributed by atoms with van der Waals surface area (Å²) in [6.45, 7) is 9.00. The molecule has 0 saturated heterocycles. The number of hydrogen-bond donors (Lipinski definition) is 7. The van der Waals surface area contributed by atoms with E-state index < -0.39 is 44.5 Å². The molecular weight excluding hydrogens is 367 g/mol. The molecule has 0 aromatic carbocycles. The molecule has 0 aromatic rings. The lowest BCUT2D eigenvalue weighted by Crippen LogP contribution is -2.27. The Morgan fingerprint density at radius 2 is 1.04 bits per heavy atom. The zero-order valence-electron chi connectivity index (χ0n) is 13.5. The monoisotopic (exact) mass is 390 g/mol. The highest BCUT2D eigenvalue weighted by Gasteiger charge is 2.13. The van der Waals surface area contributed by atoms with Gasteiger partial charge in [0.05, 0.1) is 0 Å². The number of ether oxygens (including phenoxy) is 2. The number of aliphatic hydroxyl groups excluding tert-OH is 2. The average Bonchev–Trinajstić information content (AvgIpc) is 2.45. The van der Waals surface area contributed by atoms with Gasteiger partial charge in [0.2, 0.25) is 0 Å². The van der Waals surface area contributed by atoms with Gasteiger partial charge in [-0.1, -0.05) is 13.2 Å². The van der Waals surface area contributed by atoms with Crippen LogP contribution < -0.4 is 0 Å². The van der Waals surface area contributed by atoms with Gasteiger partial charge in [-0.05, 0) is 13.8 Å². The largest absolute Gasteiger partial charge is 0.466 e. The molecule has 0 amide bonds. The minimum Gasteiger partial charge on any atom is -0.454 e. The van der Waals surface area contributed by atoms with Crippen LogP contribution in [0.2, 0.25) is 0 Å². The van der Waals surface area contributed by atoms with Crippen LogP contribution in [0.15, 0.2) is 25.3 Å². The summed E-state index contributed by atoms with van der Waals surface area (Å²) in [5, 5.41) is 33.6. The van der Waals surface area contributed by atoms with E-state index in [1.54, 1.807) is 0 Å². The molecule has 0 aliphatic carbocycles. The SMILES string of the molecule is C=CC(=O)OC(C)C(O)O.C=CC(=O)OC(C)C(O)O.O=P(O)(O)O. The average molecular weight is 390 g/mol. The second-order valence-electron chi connectivity index (χ2n) is 4.03. The van der Waals surface area contributed by atoms with Gasteiger partial charge >= 0.3 is 19.8 Å². The Morgan fingerprint density at radius 1 is 0.840 bits per heavy atom. The molecule has 7 N–H and O–H groups in total. The van der Waals surface area contributed by atoms with E-state index in [-0.39, 0.29) is 0 Å². The van der Waals surface area contributed by atoms with Gasteiger partial charge in [-0.15, -0.1) is 0 Å². The van der Waals surface area contributed by atoms with Crippen LogP contribution >= 0.6 is 7.82 Å². The number of esters is 2. The molecule has 12 nitrogen and oxygen atoms in total. The first kappa shape index (κ1) is 28.2. The summed E-state index contributed by atoms with van der Waals surface area (Å²) in [6.07, 6.45) is -3.18. The molecule has 2 atom stereocenters. The molecule has 0 bridgehead atoms. The predicted octanol–water partition coefficient (Wildman–Crippen LogP) is -2.10. The van der Waals surface area contributed by atoms with E-state index in [4.69, 9.17) is 39.7 Å². The normalized spacial score (nSPS) is 12.6. The maximum atomic E-state index is 10.4. The first-order valence-electron chi connectivity index (χ1n) is 6.32. The van der Waals surface area contributed by atoms with Crippen LogP contribution in [0.25, 0.3) is 0 Å². The van der Waals surface area contributed by atoms with Crippen LogP contribution in [0.5, 0.6) is 0 Å². The van der Waals surface area contributed by atoms with Crippen molar-refractivity contribution < 1.29 is 58.7 Å². The fourth-order valence-electron chi connectivity index (χ4n) is 0.584. The number of carbonyl (C=O) groups excluding carboxylic acids is 2. The summed E-state index contributed by atoms with van der Waals surface area (Å²) in [6, 6.07) is 0. The molecule has 0 radical (unpaired) electrons. The second kappa shape index (κ2) is 14.7. The van der Waals surface area contributed by atoms with E-state index in [1.165, 1.54) is 13.8 Å². The van der Waals surface area contributed by atoms with Crippen molar-refractivity contribution in [2.24, 2.45) is 0 Å². The Bertz CT molecular complexity index is 415. The van der Waals surface area contributed by atoms with Gasteiger partial charge in [-0.25, -0.2) is 14.2 Å². The van der Waals surface area contributed by atoms with Gasteiger partial charge in [0, 0.05) is 12.2 Å². The summed E-state index contributed by atoms with van der Waals surface area (Å²) in [5.74, 6) is -1.33. The molecule has 2 unspecified atom stereocenters. The van der Waals surface area contributed by atoms with Crippen LogP contribution in [0.4, 0.5) is 0 Å². The van der Waals surface area contributed by atoms with E-state index in [0.717, 1.165) is 12.2 Å². The van der Waals surface area contributed by atoms with Gasteiger partial charge < -0.3 is 44.6 Å². The fraction of sp³-hybridized carbons (Fsp3) is 0.500. The highest BCUT2D eigenvalue weighted by molar-refractivity contribution is 7.45. The smallest absolute Gasteiger partial charge is 0.454 e. The number of phosphoric acid groups is 1. The predicted molar refractivity (Wildman–Crippen MR) is 82.2 cm³/mol. The molecule has 0 saturated carbocycles. The minimum atomic E-state index is -4.64. The molecule has 13 heteroatoms. The number of aliphatic hydroxyl groups is 4. The van der Waals surface area contributed by atoms with Crippen LogP contribution in [0.1, 0.15) is 13.8 Å². The van der Waals surface area contributed by atoms with Crippen LogP contribution in [-0.2, 0) is 23.6 Å². The number of carbonyl (C=O) groups is 2. The molecule has 25 heavy (non-hydrogen) atoms. The van der Waals surface area contributed by atoms with Gasteiger partial charge in [-0.3, -0.25) is 0 Å². The molecule has 0 heterocycles. The molecule has 0 rings (SSSR count). The topological polar surface area (TPSA) is 211 Å². The first-order chi connectivity index (χ1) is 11.1. The fourth-order valence-corrected chi connectivity index (χ4v) is 0.584. The third-order valence-corrected chi connectivity index (χ3v) is 1.78. The van der Waals surface area contributed by atoms with Crippen molar-refractivity contribution in [2.45, 2.75) is 38.6 Å². The zero-order valence-corrected chi connectivity index (χ0v) is 14.4. The summed E-state index contributed by atoms with van der Waals surface area (Å²) < 4.78 is 17.7. The van der Waals surface area contributed by atoms with E-state index in [2.05, 4.69) is 22.6 Å². The van der Waals surface area contributed by atoms with Gasteiger partial charge in [-0.2, -0.15) is 0 Å². The Balaban J connectivity index is -0.000000308. The Kier molecular flexibility index (Phi) is 16.6. The summed E-state index contributed by atoms with van der Waals surface area (Å²) >= 11 is 0. The molecule has 0 fully saturated rings. The molecule has 0 spiro atoms. The van der Waals surface area contributed by atoms with Crippen LogP contribution in [-0.4, -0.2) is 71.8 Å². The number of rotatable bonds is 6. The molecular formula is C12H23O12P. The van der Waals surface area contributed by atoms with E-state index in [0.29, 0.717) is 0 Å². The van der Waals surface area contributed by atoms with E-state index in [1.807, 2.05) is 0 Å². The quantitative estimate of drug-likeness (QED) is 0.112. The maximum Gasteiger partial charge on any atom is 0.466 e. The highest BCUT2D eigenvalue weighted by Crippen LogP contribution is 2.25. The van der Waals surface area contributed by atoms with Crippen molar-refractivity contribution in [1.29, 1.82) is 0 Å². The lowest BCUT2D eigenvalue weighted by Gasteiger charge is -2.12. The Labute approximate surface area is 143 Å². The lowest BCUT2D eigenvalue weighted by atomic mass is 10.4. The molecule has 0 aliphatic rings. The lowest BCUT2D eigenvalue weighted by molar-refractivity contribution is -0.167. The number of hydrogen-bond acceptors (Lipinski definition) is 9. The van der Waals surface area contributed by atoms with Crippen molar-refractivity contribution in [3.8, 4) is 0 Å². The Hall–Kier alpha value is -1.63. The van der Waals surface area contributed by atoms with Crippen molar-refractivity contribution in [2.75, 3.05) is 0 Å².